The number of benzene rings is 3. The van der Waals surface area contributed by atoms with Crippen molar-refractivity contribution in [1.29, 1.82) is 0 Å². The molecule has 3 aromatic carbocycles. The maximum atomic E-state index is 12.7. The topological polar surface area (TPSA) is 71.0 Å². The summed E-state index contributed by atoms with van der Waals surface area (Å²) >= 11 is 1.57. The summed E-state index contributed by atoms with van der Waals surface area (Å²) in [6.07, 6.45) is 3.17. The number of piperidine rings is 1. The number of aromatic hydroxyl groups is 1. The molecule has 0 saturated carbocycles. The first kappa shape index (κ1) is 23.5. The minimum Gasteiger partial charge on any atom is -0.633 e. The Morgan fingerprint density at radius 3 is 2.29 bits per heavy atom. The number of nitrogens with zero attached hydrogens (tertiary/aromatic N) is 1. The molecular weight excluding hydrogens is 462 g/mol. The van der Waals surface area contributed by atoms with Crippen LogP contribution in [0.4, 0.5) is 0 Å². The van der Waals surface area contributed by atoms with Crippen LogP contribution in [0, 0.1) is 5.21 Å². The molecule has 5 rings (SSSR count). The van der Waals surface area contributed by atoms with Crippen LogP contribution in [0.5, 0.6) is 28.7 Å². The fourth-order valence-electron chi connectivity index (χ4n) is 4.46. The number of thiophene rings is 1. The monoisotopic (exact) mass is 491 g/mol. The lowest BCUT2D eigenvalue weighted by Gasteiger charge is -2.45. The van der Waals surface area contributed by atoms with Crippen LogP contribution >= 0.6 is 11.3 Å². The van der Waals surface area contributed by atoms with Gasteiger partial charge in [0.05, 0.1) is 25.1 Å². The van der Waals surface area contributed by atoms with Crippen molar-refractivity contribution >= 4 is 21.4 Å². The molecule has 2 heterocycles. The van der Waals surface area contributed by atoms with Gasteiger partial charge in [-0.05, 0) is 91.6 Å². The predicted molar refractivity (Wildman–Crippen MR) is 140 cm³/mol. The first-order chi connectivity index (χ1) is 17.0. The Morgan fingerprint density at radius 1 is 0.886 bits per heavy atom. The van der Waals surface area contributed by atoms with Gasteiger partial charge in [0.15, 0.2) is 5.75 Å². The molecule has 1 aromatic heterocycles. The zero-order valence-corrected chi connectivity index (χ0v) is 20.6. The third kappa shape index (κ3) is 5.37. The molecule has 35 heavy (non-hydrogen) atoms. The number of phenolic OH excluding ortho intramolecular Hbond substituents is 1. The van der Waals surface area contributed by atoms with Crippen LogP contribution in [0.2, 0.25) is 0 Å². The Bertz CT molecular complexity index is 1280. The Morgan fingerprint density at radius 2 is 1.57 bits per heavy atom. The van der Waals surface area contributed by atoms with Gasteiger partial charge in [-0.1, -0.05) is 0 Å². The van der Waals surface area contributed by atoms with Gasteiger partial charge in [0, 0.05) is 10.1 Å². The smallest absolute Gasteiger partial charge is 0.153 e. The van der Waals surface area contributed by atoms with Gasteiger partial charge in [-0.2, -0.15) is 0 Å². The van der Waals surface area contributed by atoms with E-state index in [0.717, 1.165) is 57.0 Å². The van der Waals surface area contributed by atoms with Gasteiger partial charge in [0.1, 0.15) is 36.1 Å². The molecule has 0 amide bonds. The van der Waals surface area contributed by atoms with Crippen LogP contribution in [0.15, 0.2) is 66.7 Å². The number of phenols is 1. The number of rotatable bonds is 8. The highest BCUT2D eigenvalue weighted by molar-refractivity contribution is 7.22. The Balaban J connectivity index is 1.34. The molecule has 7 heteroatoms. The van der Waals surface area contributed by atoms with E-state index in [2.05, 4.69) is 0 Å². The van der Waals surface area contributed by atoms with Gasteiger partial charge in [-0.25, -0.2) is 0 Å². The highest BCUT2D eigenvalue weighted by atomic mass is 32.1. The number of methoxy groups -OCH3 is 1. The standard InChI is InChI=1S/C28H29NO5S/c1-32-22-8-5-20(6-9-22)28-27(25-14-7-21(30)19-26(25)35-28)34-24-12-10-23(11-13-24)33-18-17-29(31)15-3-2-4-16-29/h5-14,19,30H,2-4,15-18H2,1H3. The molecule has 4 aromatic rings. The fraction of sp³-hybridized carbons (Fsp3) is 0.286. The first-order valence-corrected chi connectivity index (χ1v) is 12.7. The van der Waals surface area contributed by atoms with E-state index < -0.39 is 0 Å². The average molecular weight is 492 g/mol. The van der Waals surface area contributed by atoms with Crippen LogP contribution in [0.1, 0.15) is 19.3 Å². The van der Waals surface area contributed by atoms with Gasteiger partial charge in [0.25, 0.3) is 0 Å². The van der Waals surface area contributed by atoms with E-state index in [4.69, 9.17) is 14.2 Å². The summed E-state index contributed by atoms with van der Waals surface area (Å²) in [5.74, 6) is 3.15. The van der Waals surface area contributed by atoms with Gasteiger partial charge in [-0.15, -0.1) is 11.3 Å². The lowest BCUT2D eigenvalue weighted by molar-refractivity contribution is -0.885. The molecule has 0 unspecified atom stereocenters. The molecule has 0 aliphatic carbocycles. The molecule has 0 atom stereocenters. The lowest BCUT2D eigenvalue weighted by atomic mass is 10.1. The van der Waals surface area contributed by atoms with Crippen molar-refractivity contribution in [2.24, 2.45) is 0 Å². The van der Waals surface area contributed by atoms with E-state index in [9.17, 15) is 10.3 Å². The molecule has 1 aliphatic heterocycles. The molecule has 6 nitrogen and oxygen atoms in total. The molecule has 0 radical (unpaired) electrons. The van der Waals surface area contributed by atoms with Gasteiger partial charge >= 0.3 is 0 Å². The second kappa shape index (κ2) is 10.2. The third-order valence-corrected chi connectivity index (χ3v) is 7.61. The fourth-order valence-corrected chi connectivity index (χ4v) is 5.63. The van der Waals surface area contributed by atoms with Crippen LogP contribution in [0.25, 0.3) is 20.5 Å². The molecule has 0 spiro atoms. The normalized spacial score (nSPS) is 15.1. The summed E-state index contributed by atoms with van der Waals surface area (Å²) in [6.45, 7) is 2.28. The van der Waals surface area contributed by atoms with E-state index in [1.54, 1.807) is 30.6 Å². The molecular formula is C28H29NO5S. The van der Waals surface area contributed by atoms with Crippen LogP contribution in [-0.2, 0) is 0 Å². The molecule has 182 valence electrons. The summed E-state index contributed by atoms with van der Waals surface area (Å²) in [4.78, 5) is 0.972. The van der Waals surface area contributed by atoms with Crippen LogP contribution in [-0.4, -0.2) is 43.1 Å². The molecule has 1 fully saturated rings. The van der Waals surface area contributed by atoms with Crippen molar-refractivity contribution in [3.05, 3.63) is 71.9 Å². The van der Waals surface area contributed by atoms with E-state index in [1.807, 2.05) is 54.6 Å². The molecule has 1 N–H and O–H groups in total. The number of hydrogen-bond acceptors (Lipinski definition) is 6. The quantitative estimate of drug-likeness (QED) is 0.213. The summed E-state index contributed by atoms with van der Waals surface area (Å²) in [7, 11) is 1.65. The Labute approximate surface area is 209 Å². The Hall–Kier alpha value is -3.26. The van der Waals surface area contributed by atoms with E-state index >= 15 is 0 Å². The van der Waals surface area contributed by atoms with E-state index in [-0.39, 0.29) is 10.4 Å². The van der Waals surface area contributed by atoms with Crippen LogP contribution in [0.3, 0.4) is 0 Å². The highest BCUT2D eigenvalue weighted by Gasteiger charge is 2.20. The largest absolute Gasteiger partial charge is 0.633 e. The number of fused-ring (bicyclic) bond motifs is 1. The first-order valence-electron chi connectivity index (χ1n) is 11.9. The van der Waals surface area contributed by atoms with Gasteiger partial charge in [-0.3, -0.25) is 0 Å². The van der Waals surface area contributed by atoms with Gasteiger partial charge in [0.2, 0.25) is 0 Å². The summed E-state index contributed by atoms with van der Waals surface area (Å²) in [6, 6.07) is 20.6. The SMILES string of the molecule is COc1ccc(-c2sc3cc(O)ccc3c2Oc2ccc(OCC[N+]3([O-])CCCCC3)cc2)cc1. The zero-order valence-electron chi connectivity index (χ0n) is 19.7. The molecule has 1 aliphatic rings. The second-order valence-electron chi connectivity index (χ2n) is 8.88. The number of hydroxylamine groups is 3. The number of hydrogen-bond donors (Lipinski definition) is 1. The third-order valence-electron chi connectivity index (χ3n) is 6.42. The number of likely N-dealkylation sites (tertiary alicyclic amines) is 1. The van der Waals surface area contributed by atoms with Crippen molar-refractivity contribution in [3.63, 3.8) is 0 Å². The van der Waals surface area contributed by atoms with E-state index in [0.29, 0.717) is 32.0 Å². The molecule has 0 bridgehead atoms. The van der Waals surface area contributed by atoms with Crippen molar-refractivity contribution in [3.8, 4) is 39.2 Å². The summed E-state index contributed by atoms with van der Waals surface area (Å²) < 4.78 is 18.3. The number of quaternary nitrogens is 1. The van der Waals surface area contributed by atoms with Crippen molar-refractivity contribution in [2.45, 2.75) is 19.3 Å². The second-order valence-corrected chi connectivity index (χ2v) is 9.93. The maximum Gasteiger partial charge on any atom is 0.153 e. The average Bonchev–Trinajstić information content (AvgIpc) is 3.22. The van der Waals surface area contributed by atoms with E-state index in [1.165, 1.54) is 0 Å². The van der Waals surface area contributed by atoms with Crippen molar-refractivity contribution in [2.75, 3.05) is 33.4 Å². The predicted octanol–water partition coefficient (Wildman–Crippen LogP) is 6.95. The lowest BCUT2D eigenvalue weighted by Crippen LogP contribution is -2.48. The summed E-state index contributed by atoms with van der Waals surface area (Å²) in [5, 5.41) is 23.6. The maximum absolute atomic E-state index is 12.7. The van der Waals surface area contributed by atoms with Crippen LogP contribution < -0.4 is 14.2 Å². The zero-order chi connectivity index (χ0) is 24.3. The van der Waals surface area contributed by atoms with Gasteiger partial charge < -0.3 is 29.2 Å². The van der Waals surface area contributed by atoms with Crippen molar-refractivity contribution < 1.29 is 24.0 Å². The summed E-state index contributed by atoms with van der Waals surface area (Å²) in [5.41, 5.74) is 1.01. The highest BCUT2D eigenvalue weighted by Crippen LogP contribution is 2.47. The number of ether oxygens (including phenoxy) is 3. The minimum absolute atomic E-state index is 0.143. The molecule has 1 saturated heterocycles. The Kier molecular flexibility index (Phi) is 6.81. The minimum atomic E-state index is -0.143. The van der Waals surface area contributed by atoms with Crippen molar-refractivity contribution in [1.82, 2.24) is 0 Å².